The van der Waals surface area contributed by atoms with E-state index in [1.807, 2.05) is 0 Å². The number of likely N-dealkylation sites (N-methyl/N-ethyl adjacent to an activating group) is 1. The van der Waals surface area contributed by atoms with Crippen molar-refractivity contribution in [3.8, 4) is 0 Å². The smallest absolute Gasteiger partial charge is 0.251 e. The number of halogens is 1. The highest BCUT2D eigenvalue weighted by atomic mass is 35.5. The minimum Gasteiger partial charge on any atom is -0.398 e. The van der Waals surface area contributed by atoms with Crippen molar-refractivity contribution >= 4 is 23.2 Å². The van der Waals surface area contributed by atoms with E-state index in [1.54, 1.807) is 18.2 Å². The van der Waals surface area contributed by atoms with E-state index in [0.29, 0.717) is 34.9 Å². The van der Waals surface area contributed by atoms with Crippen LogP contribution in [0.2, 0.25) is 5.02 Å². The van der Waals surface area contributed by atoms with Gasteiger partial charge in [0, 0.05) is 24.2 Å². The molecule has 1 aliphatic rings. The maximum Gasteiger partial charge on any atom is 0.251 e. The van der Waals surface area contributed by atoms with E-state index in [4.69, 9.17) is 17.3 Å². The monoisotopic (exact) mass is 281 g/mol. The highest BCUT2D eigenvalue weighted by Crippen LogP contribution is 2.26. The lowest BCUT2D eigenvalue weighted by atomic mass is 10.2. The van der Waals surface area contributed by atoms with Gasteiger partial charge in [0.2, 0.25) is 0 Å². The Morgan fingerprint density at radius 1 is 1.58 bits per heavy atom. The molecule has 1 unspecified atom stereocenters. The molecule has 1 atom stereocenters. The van der Waals surface area contributed by atoms with Gasteiger partial charge in [0.15, 0.2) is 0 Å². The molecule has 0 spiro atoms. The number of carbonyl (C=O) groups is 1. The number of nitrogens with two attached hydrogens (primary N) is 1. The largest absolute Gasteiger partial charge is 0.398 e. The fourth-order valence-electron chi connectivity index (χ4n) is 2.01. The van der Waals surface area contributed by atoms with E-state index in [9.17, 15) is 4.79 Å². The molecule has 0 radical (unpaired) electrons. The van der Waals surface area contributed by atoms with Gasteiger partial charge < -0.3 is 11.1 Å². The minimum atomic E-state index is -0.112. The molecule has 5 heteroatoms. The molecule has 19 heavy (non-hydrogen) atoms. The van der Waals surface area contributed by atoms with Crippen LogP contribution in [0.25, 0.3) is 0 Å². The fraction of sp³-hybridized carbons (Fsp3) is 0.500. The molecule has 3 N–H and O–H groups in total. The van der Waals surface area contributed by atoms with Crippen LogP contribution in [0, 0.1) is 0 Å². The van der Waals surface area contributed by atoms with Crippen molar-refractivity contribution < 1.29 is 4.79 Å². The average molecular weight is 282 g/mol. The van der Waals surface area contributed by atoms with Crippen molar-refractivity contribution in [2.24, 2.45) is 0 Å². The van der Waals surface area contributed by atoms with Gasteiger partial charge in [-0.05, 0) is 45.0 Å². The number of nitrogen functional groups attached to an aromatic ring is 1. The van der Waals surface area contributed by atoms with Crippen molar-refractivity contribution in [3.05, 3.63) is 28.8 Å². The second kappa shape index (κ2) is 5.80. The summed E-state index contributed by atoms with van der Waals surface area (Å²) >= 11 is 5.83. The van der Waals surface area contributed by atoms with Gasteiger partial charge in [-0.25, -0.2) is 0 Å². The normalized spacial score (nSPS) is 16.4. The Morgan fingerprint density at radius 3 is 2.84 bits per heavy atom. The van der Waals surface area contributed by atoms with Gasteiger partial charge >= 0.3 is 0 Å². The summed E-state index contributed by atoms with van der Waals surface area (Å²) in [7, 11) is 2.11. The lowest BCUT2D eigenvalue weighted by molar-refractivity contribution is 0.0939. The molecule has 0 heterocycles. The Labute approximate surface area is 118 Å². The summed E-state index contributed by atoms with van der Waals surface area (Å²) in [5, 5.41) is 3.40. The first-order valence-corrected chi connectivity index (χ1v) is 6.92. The lowest BCUT2D eigenvalue weighted by Gasteiger charge is -2.24. The molecule has 104 valence electrons. The van der Waals surface area contributed by atoms with Crippen LogP contribution in [0.5, 0.6) is 0 Å². The predicted molar refractivity (Wildman–Crippen MR) is 78.4 cm³/mol. The first-order chi connectivity index (χ1) is 8.99. The van der Waals surface area contributed by atoms with Crippen LogP contribution in [0.15, 0.2) is 18.2 Å². The zero-order valence-electron chi connectivity index (χ0n) is 11.3. The first-order valence-electron chi connectivity index (χ1n) is 6.54. The SMILES string of the molecule is CC(CNC(=O)c1ccc(Cl)c(N)c1)N(C)C1CC1. The van der Waals surface area contributed by atoms with Gasteiger partial charge in [-0.1, -0.05) is 11.6 Å². The molecular weight excluding hydrogens is 262 g/mol. The Bertz CT molecular complexity index is 474. The number of nitrogens with one attached hydrogen (secondary N) is 1. The van der Waals surface area contributed by atoms with E-state index >= 15 is 0 Å². The summed E-state index contributed by atoms with van der Waals surface area (Å²) in [6, 6.07) is 5.96. The first kappa shape index (κ1) is 14.2. The minimum absolute atomic E-state index is 0.112. The van der Waals surface area contributed by atoms with Crippen molar-refractivity contribution in [3.63, 3.8) is 0 Å². The zero-order valence-corrected chi connectivity index (χ0v) is 12.1. The number of benzene rings is 1. The average Bonchev–Trinajstić information content (AvgIpc) is 3.22. The van der Waals surface area contributed by atoms with Gasteiger partial charge in [-0.3, -0.25) is 9.69 Å². The number of hydrogen-bond acceptors (Lipinski definition) is 3. The summed E-state index contributed by atoms with van der Waals surface area (Å²) in [4.78, 5) is 14.3. The molecule has 0 aliphatic heterocycles. The number of hydrogen-bond donors (Lipinski definition) is 2. The van der Waals surface area contributed by atoms with Crippen LogP contribution < -0.4 is 11.1 Å². The van der Waals surface area contributed by atoms with E-state index in [1.165, 1.54) is 12.8 Å². The zero-order chi connectivity index (χ0) is 14.0. The van der Waals surface area contributed by atoms with Crippen LogP contribution in [0.1, 0.15) is 30.1 Å². The topological polar surface area (TPSA) is 58.4 Å². The van der Waals surface area contributed by atoms with E-state index in [2.05, 4.69) is 24.2 Å². The maximum atomic E-state index is 12.0. The molecule has 1 fully saturated rings. The Kier molecular flexibility index (Phi) is 4.32. The summed E-state index contributed by atoms with van der Waals surface area (Å²) in [6.07, 6.45) is 2.53. The Balaban J connectivity index is 1.88. The second-order valence-corrected chi connectivity index (χ2v) is 5.60. The third kappa shape index (κ3) is 3.61. The van der Waals surface area contributed by atoms with Crippen LogP contribution in [0.4, 0.5) is 5.69 Å². The molecule has 1 aromatic carbocycles. The Morgan fingerprint density at radius 2 is 2.26 bits per heavy atom. The Hall–Kier alpha value is -1.26. The van der Waals surface area contributed by atoms with Crippen LogP contribution in [-0.2, 0) is 0 Å². The molecule has 0 saturated heterocycles. The third-order valence-electron chi connectivity index (χ3n) is 3.63. The van der Waals surface area contributed by atoms with E-state index < -0.39 is 0 Å². The van der Waals surface area contributed by atoms with Crippen LogP contribution >= 0.6 is 11.6 Å². The number of anilines is 1. The molecule has 1 aromatic rings. The number of amides is 1. The summed E-state index contributed by atoms with van der Waals surface area (Å²) in [5.74, 6) is -0.112. The molecule has 0 aromatic heterocycles. The fourth-order valence-corrected chi connectivity index (χ4v) is 2.13. The molecule has 4 nitrogen and oxygen atoms in total. The number of carbonyl (C=O) groups excluding carboxylic acids is 1. The van der Waals surface area contributed by atoms with Crippen molar-refractivity contribution in [2.75, 3.05) is 19.3 Å². The van der Waals surface area contributed by atoms with Crippen molar-refractivity contribution in [1.29, 1.82) is 0 Å². The summed E-state index contributed by atoms with van der Waals surface area (Å²) in [6.45, 7) is 2.75. The molecular formula is C14H20ClN3O. The standard InChI is InChI=1S/C14H20ClN3O/c1-9(18(2)11-4-5-11)8-17-14(19)10-3-6-12(15)13(16)7-10/h3,6-7,9,11H,4-5,8,16H2,1-2H3,(H,17,19). The molecule has 1 saturated carbocycles. The van der Waals surface area contributed by atoms with Crippen LogP contribution in [-0.4, -0.2) is 36.5 Å². The quantitative estimate of drug-likeness (QED) is 0.813. The summed E-state index contributed by atoms with van der Waals surface area (Å²) in [5.41, 5.74) is 6.66. The van der Waals surface area contributed by atoms with Gasteiger partial charge in [-0.2, -0.15) is 0 Å². The highest BCUT2D eigenvalue weighted by Gasteiger charge is 2.29. The maximum absolute atomic E-state index is 12.0. The molecule has 1 amide bonds. The van der Waals surface area contributed by atoms with Crippen molar-refractivity contribution in [2.45, 2.75) is 31.8 Å². The lowest BCUT2D eigenvalue weighted by Crippen LogP contribution is -2.41. The molecule has 0 bridgehead atoms. The predicted octanol–water partition coefficient (Wildman–Crippen LogP) is 2.13. The second-order valence-electron chi connectivity index (χ2n) is 5.19. The van der Waals surface area contributed by atoms with Gasteiger partial charge in [0.25, 0.3) is 5.91 Å². The van der Waals surface area contributed by atoms with E-state index in [0.717, 1.165) is 0 Å². The van der Waals surface area contributed by atoms with Gasteiger partial charge in [0.1, 0.15) is 0 Å². The van der Waals surface area contributed by atoms with Crippen LogP contribution in [0.3, 0.4) is 0 Å². The van der Waals surface area contributed by atoms with Gasteiger partial charge in [-0.15, -0.1) is 0 Å². The van der Waals surface area contributed by atoms with E-state index in [-0.39, 0.29) is 5.91 Å². The molecule has 1 aliphatic carbocycles. The van der Waals surface area contributed by atoms with Crippen molar-refractivity contribution in [1.82, 2.24) is 10.2 Å². The van der Waals surface area contributed by atoms with Gasteiger partial charge in [0.05, 0.1) is 10.7 Å². The molecule has 2 rings (SSSR count). The highest BCUT2D eigenvalue weighted by molar-refractivity contribution is 6.33. The third-order valence-corrected chi connectivity index (χ3v) is 3.98. The number of rotatable bonds is 5. The number of nitrogens with zero attached hydrogens (tertiary/aromatic N) is 1. The summed E-state index contributed by atoms with van der Waals surface area (Å²) < 4.78 is 0.